The molecule has 7 heteroatoms. The molecule has 1 aliphatic rings. The first-order valence-electron chi connectivity index (χ1n) is 7.96. The number of rotatable bonds is 3. The number of methoxy groups -OCH3 is 2. The van der Waals surface area contributed by atoms with Gasteiger partial charge in [0.1, 0.15) is 5.69 Å². The average Bonchev–Trinajstić information content (AvgIpc) is 2.60. The monoisotopic (exact) mass is 343 g/mol. The van der Waals surface area contributed by atoms with Gasteiger partial charge in [-0.15, -0.1) is 0 Å². The molecular formula is C18H21N3O4. The van der Waals surface area contributed by atoms with Crippen LogP contribution in [0.15, 0.2) is 29.1 Å². The third-order valence-electron chi connectivity index (χ3n) is 4.47. The molecule has 1 aromatic heterocycles. The Labute approximate surface area is 145 Å². The number of H-pyrrole nitrogens is 1. The lowest BCUT2D eigenvalue weighted by molar-refractivity contribution is 0.0678. The van der Waals surface area contributed by atoms with E-state index in [1.54, 1.807) is 19.1 Å². The van der Waals surface area contributed by atoms with E-state index in [4.69, 9.17) is 9.47 Å². The molecular weight excluding hydrogens is 322 g/mol. The van der Waals surface area contributed by atoms with Gasteiger partial charge in [-0.1, -0.05) is 13.8 Å². The van der Waals surface area contributed by atoms with Crippen LogP contribution in [0.2, 0.25) is 0 Å². The molecule has 0 saturated carbocycles. The summed E-state index contributed by atoms with van der Waals surface area (Å²) in [5.41, 5.74) is 1.76. The van der Waals surface area contributed by atoms with E-state index in [2.05, 4.69) is 24.0 Å². The number of aromatic amines is 1. The number of hydrogen-bond acceptors (Lipinski definition) is 5. The van der Waals surface area contributed by atoms with Crippen molar-refractivity contribution in [1.82, 2.24) is 15.1 Å². The minimum atomic E-state index is -0.335. The summed E-state index contributed by atoms with van der Waals surface area (Å²) in [5.74, 6) is 1.09. The molecule has 0 fully saturated rings. The van der Waals surface area contributed by atoms with Gasteiger partial charge in [0.05, 0.1) is 14.2 Å². The van der Waals surface area contributed by atoms with Gasteiger partial charge in [-0.3, -0.25) is 9.59 Å². The normalized spacial score (nSPS) is 15.4. The van der Waals surface area contributed by atoms with Crippen LogP contribution < -0.4 is 15.0 Å². The van der Waals surface area contributed by atoms with Crippen molar-refractivity contribution in [3.63, 3.8) is 0 Å². The van der Waals surface area contributed by atoms with E-state index in [1.807, 2.05) is 12.1 Å². The molecule has 0 atom stereocenters. The summed E-state index contributed by atoms with van der Waals surface area (Å²) < 4.78 is 10.8. The lowest BCUT2D eigenvalue weighted by atomic mass is 9.78. The maximum atomic E-state index is 12.8. The Morgan fingerprint density at radius 3 is 2.48 bits per heavy atom. The fraction of sp³-hybridized carbons (Fsp3) is 0.389. The van der Waals surface area contributed by atoms with E-state index in [0.717, 1.165) is 11.1 Å². The summed E-state index contributed by atoms with van der Waals surface area (Å²) in [7, 11) is 3.20. The summed E-state index contributed by atoms with van der Waals surface area (Å²) in [4.78, 5) is 25.7. The lowest BCUT2D eigenvalue weighted by Gasteiger charge is -2.40. The Morgan fingerprint density at radius 1 is 1.20 bits per heavy atom. The number of carbonyl (C=O) groups is 1. The molecule has 0 radical (unpaired) electrons. The number of ether oxygens (including phenoxy) is 2. The SMILES string of the molecule is COc1cc2c(cc1OC)C(C)(C)CN(C(=O)c1ccc(=O)[nH]n1)C2. The van der Waals surface area contributed by atoms with Crippen LogP contribution in [0.5, 0.6) is 11.5 Å². The Hall–Kier alpha value is -2.83. The highest BCUT2D eigenvalue weighted by Gasteiger charge is 2.35. The quantitative estimate of drug-likeness (QED) is 0.917. The highest BCUT2D eigenvalue weighted by Crippen LogP contribution is 2.40. The van der Waals surface area contributed by atoms with Crippen molar-refractivity contribution in [2.24, 2.45) is 0 Å². The number of benzene rings is 1. The second-order valence-corrected chi connectivity index (χ2v) is 6.72. The van der Waals surface area contributed by atoms with Crippen molar-refractivity contribution in [2.75, 3.05) is 20.8 Å². The molecule has 0 aliphatic carbocycles. The van der Waals surface area contributed by atoms with Crippen LogP contribution in [-0.2, 0) is 12.0 Å². The Kier molecular flexibility index (Phi) is 4.24. The minimum Gasteiger partial charge on any atom is -0.493 e. The van der Waals surface area contributed by atoms with Gasteiger partial charge in [-0.05, 0) is 29.3 Å². The van der Waals surface area contributed by atoms with E-state index in [-0.39, 0.29) is 22.6 Å². The van der Waals surface area contributed by atoms with Crippen molar-refractivity contribution in [2.45, 2.75) is 25.8 Å². The predicted octanol–water partition coefficient (Wildman–Crippen LogP) is 1.72. The second-order valence-electron chi connectivity index (χ2n) is 6.72. The fourth-order valence-corrected chi connectivity index (χ4v) is 3.27. The van der Waals surface area contributed by atoms with Gasteiger partial charge < -0.3 is 14.4 Å². The van der Waals surface area contributed by atoms with E-state index < -0.39 is 0 Å². The predicted molar refractivity (Wildman–Crippen MR) is 92.2 cm³/mol. The van der Waals surface area contributed by atoms with Gasteiger partial charge in [0, 0.05) is 24.6 Å². The first-order valence-corrected chi connectivity index (χ1v) is 7.96. The summed E-state index contributed by atoms with van der Waals surface area (Å²) in [6.07, 6.45) is 0. The number of hydrogen-bond donors (Lipinski definition) is 1. The van der Waals surface area contributed by atoms with E-state index in [0.29, 0.717) is 24.6 Å². The van der Waals surface area contributed by atoms with E-state index >= 15 is 0 Å². The van der Waals surface area contributed by atoms with Crippen molar-refractivity contribution < 1.29 is 14.3 Å². The van der Waals surface area contributed by atoms with Crippen LogP contribution in [0.25, 0.3) is 0 Å². The smallest absolute Gasteiger partial charge is 0.274 e. The van der Waals surface area contributed by atoms with Crippen LogP contribution >= 0.6 is 0 Å². The molecule has 7 nitrogen and oxygen atoms in total. The van der Waals surface area contributed by atoms with Crippen LogP contribution in [-0.4, -0.2) is 41.8 Å². The number of aromatic nitrogens is 2. The van der Waals surface area contributed by atoms with Crippen LogP contribution in [0, 0.1) is 0 Å². The maximum absolute atomic E-state index is 12.8. The van der Waals surface area contributed by atoms with Gasteiger partial charge in [0.25, 0.3) is 11.5 Å². The minimum absolute atomic E-state index is 0.218. The summed E-state index contributed by atoms with van der Waals surface area (Å²) in [5, 5.41) is 6.15. The topological polar surface area (TPSA) is 84.5 Å². The summed E-state index contributed by atoms with van der Waals surface area (Å²) in [6.45, 7) is 5.14. The first kappa shape index (κ1) is 17.0. The molecule has 1 aromatic carbocycles. The van der Waals surface area contributed by atoms with Crippen LogP contribution in [0.1, 0.15) is 35.5 Å². The molecule has 0 spiro atoms. The van der Waals surface area contributed by atoms with Crippen molar-refractivity contribution >= 4 is 5.91 Å². The van der Waals surface area contributed by atoms with Gasteiger partial charge >= 0.3 is 0 Å². The Balaban J connectivity index is 1.99. The van der Waals surface area contributed by atoms with Crippen molar-refractivity contribution in [3.05, 3.63) is 51.4 Å². The van der Waals surface area contributed by atoms with Gasteiger partial charge in [-0.2, -0.15) is 5.10 Å². The third-order valence-corrected chi connectivity index (χ3v) is 4.47. The molecule has 0 bridgehead atoms. The van der Waals surface area contributed by atoms with Gasteiger partial charge in [0.2, 0.25) is 0 Å². The third kappa shape index (κ3) is 3.09. The first-order chi connectivity index (χ1) is 11.9. The van der Waals surface area contributed by atoms with Crippen LogP contribution in [0.4, 0.5) is 0 Å². The molecule has 2 aromatic rings. The van der Waals surface area contributed by atoms with Crippen molar-refractivity contribution in [1.29, 1.82) is 0 Å². The van der Waals surface area contributed by atoms with Crippen molar-refractivity contribution in [3.8, 4) is 11.5 Å². The van der Waals surface area contributed by atoms with Gasteiger partial charge in [0.15, 0.2) is 11.5 Å². The molecule has 0 saturated heterocycles. The number of carbonyl (C=O) groups excluding carboxylic acids is 1. The molecule has 132 valence electrons. The maximum Gasteiger partial charge on any atom is 0.274 e. The molecule has 1 amide bonds. The second kappa shape index (κ2) is 6.23. The highest BCUT2D eigenvalue weighted by molar-refractivity contribution is 5.92. The lowest BCUT2D eigenvalue weighted by Crippen LogP contribution is -2.45. The van der Waals surface area contributed by atoms with E-state index in [1.165, 1.54) is 12.1 Å². The fourth-order valence-electron chi connectivity index (χ4n) is 3.27. The molecule has 1 N–H and O–H groups in total. The molecule has 0 unspecified atom stereocenters. The molecule has 1 aliphatic heterocycles. The number of fused-ring (bicyclic) bond motifs is 1. The summed E-state index contributed by atoms with van der Waals surface area (Å²) >= 11 is 0. The average molecular weight is 343 g/mol. The zero-order chi connectivity index (χ0) is 18.2. The number of nitrogens with one attached hydrogen (secondary N) is 1. The number of amides is 1. The molecule has 3 rings (SSSR count). The zero-order valence-corrected chi connectivity index (χ0v) is 14.8. The van der Waals surface area contributed by atoms with Gasteiger partial charge in [-0.25, -0.2) is 5.10 Å². The zero-order valence-electron chi connectivity index (χ0n) is 14.8. The van der Waals surface area contributed by atoms with Crippen LogP contribution in [0.3, 0.4) is 0 Å². The largest absolute Gasteiger partial charge is 0.493 e. The Bertz CT molecular complexity index is 853. The Morgan fingerprint density at radius 2 is 1.88 bits per heavy atom. The highest BCUT2D eigenvalue weighted by atomic mass is 16.5. The molecule has 2 heterocycles. The number of nitrogens with zero attached hydrogens (tertiary/aromatic N) is 2. The van der Waals surface area contributed by atoms with E-state index in [9.17, 15) is 9.59 Å². The standard InChI is InChI=1S/C18H21N3O4/c1-18(2)10-21(17(23)13-5-6-16(22)20-19-13)9-11-7-14(24-3)15(25-4)8-12(11)18/h5-8H,9-10H2,1-4H3,(H,20,22). The summed E-state index contributed by atoms with van der Waals surface area (Å²) in [6, 6.07) is 6.64. The molecule has 25 heavy (non-hydrogen) atoms.